The van der Waals surface area contributed by atoms with Gasteiger partial charge in [-0.25, -0.2) is 15.0 Å². The van der Waals surface area contributed by atoms with Crippen molar-refractivity contribution in [3.8, 4) is 90.1 Å². The van der Waals surface area contributed by atoms with Gasteiger partial charge < -0.3 is 0 Å². The molecule has 5 heteroatoms. The number of benzene rings is 6. The fraction of sp³-hybridized carbons (Fsp3) is 0.0536. The van der Waals surface area contributed by atoms with Crippen LogP contribution in [0, 0.1) is 0 Å². The SMILES string of the molecule is C/C=C(\C=C/CC)c1cc(-c2cc(-c3cc(-c4ccccc4)cc(-c4ccccn4)c3)cc(-c3nc(-c4ccccc4)nc(-c4ccccc4)n3)c2)cc(-c2ccccn2)c1. The van der Waals surface area contributed by atoms with Crippen molar-refractivity contribution in [2.24, 2.45) is 0 Å². The van der Waals surface area contributed by atoms with Crippen LogP contribution in [0.5, 0.6) is 0 Å². The van der Waals surface area contributed by atoms with E-state index in [4.69, 9.17) is 24.9 Å². The standard InChI is InChI=1S/C56H43N5/c1-3-5-19-39(4-2)43-30-45(35-49(33-43)52-26-15-17-28-57-52)47-32-48(46-31-44(40-20-9-6-10-21-40)34-50(36-46)53-27-16-18-29-58-53)38-51(37-47)56-60-54(41-22-11-7-12-23-41)59-55(61-56)42-24-13-8-14-25-42/h4-38H,3H2,1-2H3/b19-5-,39-4+. The molecule has 0 N–H and O–H groups in total. The Morgan fingerprint density at radius 3 is 1.23 bits per heavy atom. The molecule has 0 saturated carbocycles. The summed E-state index contributed by atoms with van der Waals surface area (Å²) in [5.41, 5.74) is 15.2. The van der Waals surface area contributed by atoms with Crippen molar-refractivity contribution in [1.29, 1.82) is 0 Å². The number of hydrogen-bond donors (Lipinski definition) is 0. The van der Waals surface area contributed by atoms with Crippen molar-refractivity contribution in [1.82, 2.24) is 24.9 Å². The van der Waals surface area contributed by atoms with Crippen LogP contribution in [0.4, 0.5) is 0 Å². The number of allylic oxidation sites excluding steroid dienone is 4. The number of nitrogens with zero attached hydrogens (tertiary/aromatic N) is 5. The second-order valence-corrected chi connectivity index (χ2v) is 14.8. The zero-order valence-corrected chi connectivity index (χ0v) is 34.2. The highest BCUT2D eigenvalue weighted by molar-refractivity contribution is 5.88. The van der Waals surface area contributed by atoms with E-state index >= 15 is 0 Å². The number of rotatable bonds is 11. The smallest absolute Gasteiger partial charge is 0.164 e. The molecule has 0 aliphatic rings. The molecule has 0 aliphatic heterocycles. The predicted molar refractivity (Wildman–Crippen MR) is 252 cm³/mol. The molecule has 3 heterocycles. The van der Waals surface area contributed by atoms with Gasteiger partial charge in [0, 0.05) is 40.2 Å². The molecule has 0 spiro atoms. The Morgan fingerprint density at radius 1 is 0.393 bits per heavy atom. The Morgan fingerprint density at radius 2 is 0.770 bits per heavy atom. The summed E-state index contributed by atoms with van der Waals surface area (Å²) in [5, 5.41) is 0. The van der Waals surface area contributed by atoms with Gasteiger partial charge >= 0.3 is 0 Å². The molecule has 0 unspecified atom stereocenters. The van der Waals surface area contributed by atoms with Gasteiger partial charge in [-0.05, 0) is 137 Å². The van der Waals surface area contributed by atoms with E-state index in [-0.39, 0.29) is 0 Å². The molecule has 3 aromatic heterocycles. The highest BCUT2D eigenvalue weighted by Gasteiger charge is 2.17. The third kappa shape index (κ3) is 8.78. The summed E-state index contributed by atoms with van der Waals surface area (Å²) in [6.07, 6.45) is 11.2. The Balaban J connectivity index is 1.32. The van der Waals surface area contributed by atoms with Crippen molar-refractivity contribution >= 4 is 5.57 Å². The van der Waals surface area contributed by atoms with Gasteiger partial charge in [-0.15, -0.1) is 0 Å². The number of aromatic nitrogens is 5. The maximum atomic E-state index is 5.20. The molecule has 0 amide bonds. The van der Waals surface area contributed by atoms with Crippen molar-refractivity contribution in [2.45, 2.75) is 20.3 Å². The molecule has 61 heavy (non-hydrogen) atoms. The molecule has 0 fully saturated rings. The summed E-state index contributed by atoms with van der Waals surface area (Å²) in [7, 11) is 0. The van der Waals surface area contributed by atoms with E-state index in [1.807, 2.05) is 97.3 Å². The van der Waals surface area contributed by atoms with Gasteiger partial charge in [0.05, 0.1) is 11.4 Å². The highest BCUT2D eigenvalue weighted by atomic mass is 15.0. The minimum Gasteiger partial charge on any atom is -0.256 e. The van der Waals surface area contributed by atoms with Gasteiger partial charge in [-0.1, -0.05) is 128 Å². The first-order valence-electron chi connectivity index (χ1n) is 20.7. The molecular formula is C56H43N5. The topological polar surface area (TPSA) is 64.5 Å². The molecule has 0 atom stereocenters. The second-order valence-electron chi connectivity index (χ2n) is 14.8. The molecule has 0 aliphatic carbocycles. The van der Waals surface area contributed by atoms with Crippen LogP contribution in [0.1, 0.15) is 25.8 Å². The minimum absolute atomic E-state index is 0.584. The van der Waals surface area contributed by atoms with Crippen LogP contribution in [-0.2, 0) is 0 Å². The fourth-order valence-electron chi connectivity index (χ4n) is 7.55. The normalized spacial score (nSPS) is 11.5. The summed E-state index contributed by atoms with van der Waals surface area (Å²) in [5.74, 6) is 1.81. The Labute approximate surface area is 357 Å². The van der Waals surface area contributed by atoms with Gasteiger partial charge in [-0.3, -0.25) is 9.97 Å². The van der Waals surface area contributed by atoms with Crippen molar-refractivity contribution in [2.75, 3.05) is 0 Å². The maximum absolute atomic E-state index is 5.20. The predicted octanol–water partition coefficient (Wildman–Crippen LogP) is 14.4. The van der Waals surface area contributed by atoms with Crippen molar-refractivity contribution in [3.05, 3.63) is 218 Å². The number of hydrogen-bond acceptors (Lipinski definition) is 5. The minimum atomic E-state index is 0.584. The van der Waals surface area contributed by atoms with Gasteiger partial charge in [-0.2, -0.15) is 0 Å². The second kappa shape index (κ2) is 17.9. The van der Waals surface area contributed by atoms with Gasteiger partial charge in [0.25, 0.3) is 0 Å². The molecule has 0 bridgehead atoms. The summed E-state index contributed by atoms with van der Waals surface area (Å²) >= 11 is 0. The van der Waals surface area contributed by atoms with Crippen molar-refractivity contribution in [3.63, 3.8) is 0 Å². The van der Waals surface area contributed by atoms with Gasteiger partial charge in [0.2, 0.25) is 0 Å². The summed E-state index contributed by atoms with van der Waals surface area (Å²) < 4.78 is 0. The monoisotopic (exact) mass is 785 g/mol. The van der Waals surface area contributed by atoms with E-state index < -0.39 is 0 Å². The first-order valence-corrected chi connectivity index (χ1v) is 20.7. The highest BCUT2D eigenvalue weighted by Crippen LogP contribution is 2.39. The molecule has 292 valence electrons. The van der Waals surface area contributed by atoms with E-state index in [1.165, 1.54) is 0 Å². The van der Waals surface area contributed by atoms with Gasteiger partial charge in [0.1, 0.15) is 0 Å². The molecule has 5 nitrogen and oxygen atoms in total. The average Bonchev–Trinajstić information content (AvgIpc) is 3.35. The van der Waals surface area contributed by atoms with E-state index in [0.29, 0.717) is 17.5 Å². The molecule has 9 aromatic rings. The Hall–Kier alpha value is -7.89. The molecule has 9 rings (SSSR count). The summed E-state index contributed by atoms with van der Waals surface area (Å²) in [6.45, 7) is 4.25. The van der Waals surface area contributed by atoms with Crippen LogP contribution in [0.3, 0.4) is 0 Å². The molecular weight excluding hydrogens is 743 g/mol. The van der Waals surface area contributed by atoms with Crippen LogP contribution in [0.15, 0.2) is 213 Å². The lowest BCUT2D eigenvalue weighted by Gasteiger charge is -2.16. The van der Waals surface area contributed by atoms with Crippen LogP contribution in [-0.4, -0.2) is 24.9 Å². The number of pyridine rings is 2. The first-order chi connectivity index (χ1) is 30.1. The maximum Gasteiger partial charge on any atom is 0.164 e. The van der Waals surface area contributed by atoms with E-state index in [9.17, 15) is 0 Å². The van der Waals surface area contributed by atoms with Crippen molar-refractivity contribution < 1.29 is 0 Å². The lowest BCUT2D eigenvalue weighted by Crippen LogP contribution is -2.00. The Bertz CT molecular complexity index is 2720. The third-order valence-electron chi connectivity index (χ3n) is 10.6. The summed E-state index contributed by atoms with van der Waals surface area (Å²) in [6, 6.07) is 63.0. The molecule has 0 radical (unpaired) electrons. The zero-order valence-electron chi connectivity index (χ0n) is 34.2. The lowest BCUT2D eigenvalue weighted by molar-refractivity contribution is 1.07. The van der Waals surface area contributed by atoms with Crippen LogP contribution in [0.2, 0.25) is 0 Å². The third-order valence-corrected chi connectivity index (χ3v) is 10.6. The quantitative estimate of drug-likeness (QED) is 0.122. The first kappa shape index (κ1) is 38.6. The largest absolute Gasteiger partial charge is 0.256 e. The fourth-order valence-corrected chi connectivity index (χ4v) is 7.55. The van der Waals surface area contributed by atoms with Gasteiger partial charge in [0.15, 0.2) is 17.5 Å². The van der Waals surface area contributed by atoms with E-state index in [2.05, 4.69) is 129 Å². The molecule has 6 aromatic carbocycles. The molecule has 0 saturated heterocycles. The van der Waals surface area contributed by atoms with E-state index in [1.54, 1.807) is 0 Å². The Kier molecular flexibility index (Phi) is 11.4. The summed E-state index contributed by atoms with van der Waals surface area (Å²) in [4.78, 5) is 25.0. The van der Waals surface area contributed by atoms with Crippen LogP contribution >= 0.6 is 0 Å². The average molecular weight is 786 g/mol. The van der Waals surface area contributed by atoms with E-state index in [0.717, 1.165) is 90.1 Å². The lowest BCUT2D eigenvalue weighted by atomic mass is 9.90. The van der Waals surface area contributed by atoms with Crippen LogP contribution < -0.4 is 0 Å². The van der Waals surface area contributed by atoms with Crippen LogP contribution in [0.25, 0.3) is 95.6 Å². The zero-order chi connectivity index (χ0) is 41.4.